The largest absolute Gasteiger partial charge is 0.453 e. The lowest BCUT2D eigenvalue weighted by molar-refractivity contribution is 0.477. The summed E-state index contributed by atoms with van der Waals surface area (Å²) >= 11 is 0. The van der Waals surface area contributed by atoms with E-state index in [-0.39, 0.29) is 5.41 Å². The van der Waals surface area contributed by atoms with Crippen LogP contribution in [0.1, 0.15) is 25.0 Å². The van der Waals surface area contributed by atoms with Crippen LogP contribution in [0.3, 0.4) is 0 Å². The van der Waals surface area contributed by atoms with E-state index in [1.54, 1.807) is 0 Å². The van der Waals surface area contributed by atoms with Crippen molar-refractivity contribution in [2.45, 2.75) is 19.3 Å². The summed E-state index contributed by atoms with van der Waals surface area (Å²) in [4.78, 5) is 4.66. The first-order valence-electron chi connectivity index (χ1n) is 20.7. The van der Waals surface area contributed by atoms with Gasteiger partial charge in [0.25, 0.3) is 0 Å². The molecular weight excluding hydrogens is 729 g/mol. The van der Waals surface area contributed by atoms with Gasteiger partial charge in [0.05, 0.1) is 11.4 Å². The summed E-state index contributed by atoms with van der Waals surface area (Å²) in [5, 5.41) is 0. The summed E-state index contributed by atoms with van der Waals surface area (Å²) in [7, 11) is 0. The van der Waals surface area contributed by atoms with Crippen molar-refractivity contribution in [1.29, 1.82) is 0 Å². The van der Waals surface area contributed by atoms with E-state index in [1.807, 2.05) is 12.1 Å². The lowest BCUT2D eigenvalue weighted by Crippen LogP contribution is -2.16. The zero-order chi connectivity index (χ0) is 40.2. The number of rotatable bonds is 7. The second kappa shape index (κ2) is 14.3. The fraction of sp³-hybridized carbons (Fsp3) is 0.0526. The molecule has 0 aromatic heterocycles. The minimum absolute atomic E-state index is 0.113. The summed E-state index contributed by atoms with van der Waals surface area (Å²) in [5.41, 5.74) is 18.7. The van der Waals surface area contributed by atoms with Crippen LogP contribution in [0.2, 0.25) is 0 Å². The van der Waals surface area contributed by atoms with Gasteiger partial charge in [0.2, 0.25) is 0 Å². The Morgan fingerprint density at radius 2 is 0.850 bits per heavy atom. The molecule has 3 heteroatoms. The van der Waals surface area contributed by atoms with Gasteiger partial charge in [0, 0.05) is 28.2 Å². The summed E-state index contributed by atoms with van der Waals surface area (Å²) in [5.74, 6) is 1.67. The Balaban J connectivity index is 0.957. The Labute approximate surface area is 352 Å². The van der Waals surface area contributed by atoms with E-state index in [0.717, 1.165) is 56.8 Å². The van der Waals surface area contributed by atoms with Crippen molar-refractivity contribution in [3.05, 3.63) is 230 Å². The van der Waals surface area contributed by atoms with Crippen LogP contribution in [0.5, 0.6) is 11.5 Å². The topological polar surface area (TPSA) is 15.7 Å². The molecule has 0 saturated heterocycles. The molecule has 286 valence electrons. The summed E-state index contributed by atoms with van der Waals surface area (Å²) in [6, 6.07) is 78.4. The van der Waals surface area contributed by atoms with E-state index in [2.05, 4.69) is 230 Å². The third-order valence-electron chi connectivity index (χ3n) is 12.3. The average Bonchev–Trinajstić information content (AvgIpc) is 3.54. The number of fused-ring (bicyclic) bond motifs is 5. The third-order valence-corrected chi connectivity index (χ3v) is 12.3. The minimum Gasteiger partial charge on any atom is -0.453 e. The highest BCUT2D eigenvalue weighted by Gasteiger charge is 2.36. The Kier molecular flexibility index (Phi) is 8.49. The molecule has 0 radical (unpaired) electrons. The lowest BCUT2D eigenvalue weighted by atomic mass is 9.82. The molecule has 60 heavy (non-hydrogen) atoms. The van der Waals surface area contributed by atoms with Gasteiger partial charge in [-0.1, -0.05) is 159 Å². The van der Waals surface area contributed by atoms with Crippen LogP contribution in [0.15, 0.2) is 218 Å². The standard InChI is InChI=1S/C57H42N2O/c1-57(2)51-18-10-9-17-49(51)50-35-34-48(38-52(50)57)58(46-30-25-42(26-31-46)41-23-21-40(22-24-41)39-13-5-3-6-14-39)47-32-27-43(28-33-47)44-29-36-54-56(37-44)60-55-20-12-11-19-53(55)59(54)45-15-7-4-8-16-45/h3-38H,1-2H3. The number of benzene rings is 9. The van der Waals surface area contributed by atoms with E-state index in [0.29, 0.717) is 0 Å². The lowest BCUT2D eigenvalue weighted by Gasteiger charge is -2.33. The Hall–Kier alpha value is -7.62. The van der Waals surface area contributed by atoms with Crippen LogP contribution in [-0.4, -0.2) is 0 Å². The highest BCUT2D eigenvalue weighted by Crippen LogP contribution is 2.52. The maximum Gasteiger partial charge on any atom is 0.152 e. The quantitative estimate of drug-likeness (QED) is 0.161. The monoisotopic (exact) mass is 770 g/mol. The average molecular weight is 771 g/mol. The van der Waals surface area contributed by atoms with Gasteiger partial charge in [0.1, 0.15) is 0 Å². The van der Waals surface area contributed by atoms with Gasteiger partial charge in [-0.3, -0.25) is 0 Å². The fourth-order valence-electron chi connectivity index (χ4n) is 9.16. The van der Waals surface area contributed by atoms with Gasteiger partial charge in [-0.15, -0.1) is 0 Å². The molecule has 0 atom stereocenters. The van der Waals surface area contributed by atoms with Crippen LogP contribution in [0.25, 0.3) is 44.5 Å². The number of anilines is 6. The summed E-state index contributed by atoms with van der Waals surface area (Å²) in [6.45, 7) is 4.69. The molecular formula is C57H42N2O. The van der Waals surface area contributed by atoms with Crippen molar-refractivity contribution in [3.8, 4) is 56.0 Å². The Bertz CT molecular complexity index is 3010. The van der Waals surface area contributed by atoms with Gasteiger partial charge in [-0.2, -0.15) is 0 Å². The van der Waals surface area contributed by atoms with E-state index >= 15 is 0 Å². The van der Waals surface area contributed by atoms with Crippen LogP contribution >= 0.6 is 0 Å². The maximum absolute atomic E-state index is 6.56. The van der Waals surface area contributed by atoms with Crippen molar-refractivity contribution >= 4 is 34.1 Å². The first-order chi connectivity index (χ1) is 29.5. The normalized spacial score (nSPS) is 13.1. The van der Waals surface area contributed by atoms with Crippen molar-refractivity contribution in [2.75, 3.05) is 9.80 Å². The predicted octanol–water partition coefficient (Wildman–Crippen LogP) is 16.0. The number of para-hydroxylation sites is 3. The van der Waals surface area contributed by atoms with Crippen molar-refractivity contribution < 1.29 is 4.74 Å². The SMILES string of the molecule is CC1(C)c2ccccc2-c2ccc(N(c3ccc(-c4ccc(-c5ccccc5)cc4)cc3)c3ccc(-c4ccc5c(c4)Oc4ccccc4N5c4ccccc4)cc3)cc21. The van der Waals surface area contributed by atoms with Gasteiger partial charge in [0.15, 0.2) is 11.5 Å². The fourth-order valence-corrected chi connectivity index (χ4v) is 9.16. The molecule has 2 aliphatic rings. The van der Waals surface area contributed by atoms with Crippen LogP contribution < -0.4 is 14.5 Å². The van der Waals surface area contributed by atoms with Crippen molar-refractivity contribution in [2.24, 2.45) is 0 Å². The van der Waals surface area contributed by atoms with E-state index in [1.165, 1.54) is 44.5 Å². The smallest absolute Gasteiger partial charge is 0.152 e. The molecule has 0 saturated carbocycles. The minimum atomic E-state index is -0.113. The van der Waals surface area contributed by atoms with Crippen LogP contribution in [-0.2, 0) is 5.41 Å². The summed E-state index contributed by atoms with van der Waals surface area (Å²) in [6.07, 6.45) is 0. The van der Waals surface area contributed by atoms with Gasteiger partial charge >= 0.3 is 0 Å². The molecule has 0 fully saturated rings. The zero-order valence-electron chi connectivity index (χ0n) is 33.6. The molecule has 0 spiro atoms. The van der Waals surface area contributed by atoms with E-state index in [9.17, 15) is 0 Å². The molecule has 11 rings (SSSR count). The van der Waals surface area contributed by atoms with Crippen molar-refractivity contribution in [1.82, 2.24) is 0 Å². The molecule has 0 amide bonds. The molecule has 1 aliphatic heterocycles. The van der Waals surface area contributed by atoms with Crippen LogP contribution in [0.4, 0.5) is 34.1 Å². The molecule has 3 nitrogen and oxygen atoms in total. The second-order valence-corrected chi connectivity index (χ2v) is 16.2. The Morgan fingerprint density at radius 1 is 0.367 bits per heavy atom. The van der Waals surface area contributed by atoms with E-state index < -0.39 is 0 Å². The molecule has 0 bridgehead atoms. The zero-order valence-corrected chi connectivity index (χ0v) is 33.6. The van der Waals surface area contributed by atoms with Gasteiger partial charge in [-0.25, -0.2) is 0 Å². The van der Waals surface area contributed by atoms with Gasteiger partial charge in [-0.05, 0) is 128 Å². The molecule has 1 aliphatic carbocycles. The van der Waals surface area contributed by atoms with Crippen molar-refractivity contribution in [3.63, 3.8) is 0 Å². The van der Waals surface area contributed by atoms with Crippen LogP contribution in [0, 0.1) is 0 Å². The second-order valence-electron chi connectivity index (χ2n) is 16.2. The molecule has 0 N–H and O–H groups in total. The number of hydrogen-bond acceptors (Lipinski definition) is 3. The first-order valence-corrected chi connectivity index (χ1v) is 20.7. The highest BCUT2D eigenvalue weighted by molar-refractivity contribution is 5.89. The Morgan fingerprint density at radius 3 is 1.53 bits per heavy atom. The number of ether oxygens (including phenoxy) is 1. The summed E-state index contributed by atoms with van der Waals surface area (Å²) < 4.78 is 6.56. The predicted molar refractivity (Wildman–Crippen MR) is 250 cm³/mol. The third kappa shape index (κ3) is 6.06. The molecule has 9 aromatic carbocycles. The maximum atomic E-state index is 6.56. The van der Waals surface area contributed by atoms with E-state index in [4.69, 9.17) is 4.74 Å². The molecule has 9 aromatic rings. The number of hydrogen-bond donors (Lipinski definition) is 0. The molecule has 0 unspecified atom stereocenters. The van der Waals surface area contributed by atoms with Gasteiger partial charge < -0.3 is 14.5 Å². The first kappa shape index (κ1) is 35.5. The highest BCUT2D eigenvalue weighted by atomic mass is 16.5. The molecule has 1 heterocycles. The number of nitrogens with zero attached hydrogens (tertiary/aromatic N) is 2.